The Hall–Kier alpha value is -0.810. The molecule has 10 heavy (non-hydrogen) atoms. The second-order valence-corrected chi connectivity index (χ2v) is 2.18. The van der Waals surface area contributed by atoms with Gasteiger partial charge in [-0.3, -0.25) is 4.90 Å². The van der Waals surface area contributed by atoms with E-state index in [1.807, 2.05) is 6.07 Å². The van der Waals surface area contributed by atoms with Gasteiger partial charge in [0.05, 0.1) is 6.07 Å². The molecule has 0 N–H and O–H groups in total. The molecule has 0 saturated heterocycles. The Morgan fingerprint density at radius 3 is 2.30 bits per heavy atom. The first-order valence-corrected chi connectivity index (χ1v) is 3.54. The number of likely N-dealkylation sites (N-methyl/N-ethyl adjacent to an activating group) is 1. The van der Waals surface area contributed by atoms with Gasteiger partial charge in [-0.2, -0.15) is 5.26 Å². The fraction of sp³-hybridized carbons (Fsp3) is 0.625. The van der Waals surface area contributed by atoms with Crippen LogP contribution in [0, 0.1) is 11.3 Å². The molecule has 0 aromatic rings. The highest BCUT2D eigenvalue weighted by molar-refractivity contribution is 5.17. The van der Waals surface area contributed by atoms with E-state index in [1.165, 1.54) is 0 Å². The molecule has 0 unspecified atom stereocenters. The summed E-state index contributed by atoms with van der Waals surface area (Å²) < 4.78 is 0. The standard InChI is InChI=1S/C8H14N2/c1-4-10(5-2)7-8(3)6-9/h3-5,7H2,1-2H3. The van der Waals surface area contributed by atoms with Crippen LogP contribution in [0.2, 0.25) is 0 Å². The van der Waals surface area contributed by atoms with Gasteiger partial charge in [-0.15, -0.1) is 0 Å². The van der Waals surface area contributed by atoms with Crippen molar-refractivity contribution >= 4 is 0 Å². The van der Waals surface area contributed by atoms with Gasteiger partial charge in [-0.25, -0.2) is 0 Å². The van der Waals surface area contributed by atoms with E-state index in [0.717, 1.165) is 13.1 Å². The van der Waals surface area contributed by atoms with E-state index in [2.05, 4.69) is 25.3 Å². The monoisotopic (exact) mass is 138 g/mol. The highest BCUT2D eigenvalue weighted by Gasteiger charge is 1.99. The molecular weight excluding hydrogens is 124 g/mol. The summed E-state index contributed by atoms with van der Waals surface area (Å²) in [6.45, 7) is 10.4. The van der Waals surface area contributed by atoms with Gasteiger partial charge in [0, 0.05) is 12.1 Å². The maximum Gasteiger partial charge on any atom is 0.0954 e. The van der Waals surface area contributed by atoms with Crippen molar-refractivity contribution in [1.29, 1.82) is 5.26 Å². The SMILES string of the molecule is C=C(C#N)CN(CC)CC. The number of hydrogen-bond acceptors (Lipinski definition) is 2. The van der Waals surface area contributed by atoms with Crippen molar-refractivity contribution in [2.24, 2.45) is 0 Å². The predicted octanol–water partition coefficient (Wildman–Crippen LogP) is 1.41. The van der Waals surface area contributed by atoms with E-state index in [9.17, 15) is 0 Å². The zero-order chi connectivity index (χ0) is 7.98. The fourth-order valence-corrected chi connectivity index (χ4v) is 0.752. The van der Waals surface area contributed by atoms with Crippen LogP contribution >= 0.6 is 0 Å². The lowest BCUT2D eigenvalue weighted by molar-refractivity contribution is 0.333. The van der Waals surface area contributed by atoms with Gasteiger partial charge < -0.3 is 0 Å². The quantitative estimate of drug-likeness (QED) is 0.549. The van der Waals surface area contributed by atoms with E-state index in [0.29, 0.717) is 12.1 Å². The molecule has 0 aromatic heterocycles. The Kier molecular flexibility index (Phi) is 4.61. The van der Waals surface area contributed by atoms with E-state index >= 15 is 0 Å². The van der Waals surface area contributed by atoms with Gasteiger partial charge in [0.15, 0.2) is 0 Å². The van der Waals surface area contributed by atoms with Crippen LogP contribution in [0.15, 0.2) is 12.2 Å². The Bertz CT molecular complexity index is 140. The third kappa shape index (κ3) is 3.26. The van der Waals surface area contributed by atoms with Gasteiger partial charge in [0.1, 0.15) is 0 Å². The van der Waals surface area contributed by atoms with Crippen molar-refractivity contribution in [3.8, 4) is 6.07 Å². The molecule has 0 rings (SSSR count). The summed E-state index contributed by atoms with van der Waals surface area (Å²) in [5.74, 6) is 0. The van der Waals surface area contributed by atoms with Crippen LogP contribution in [-0.2, 0) is 0 Å². The molecule has 2 heteroatoms. The van der Waals surface area contributed by atoms with Gasteiger partial charge >= 0.3 is 0 Å². The first-order valence-electron chi connectivity index (χ1n) is 3.54. The highest BCUT2D eigenvalue weighted by Crippen LogP contribution is 1.93. The van der Waals surface area contributed by atoms with Gasteiger partial charge in [-0.05, 0) is 13.1 Å². The van der Waals surface area contributed by atoms with Crippen LogP contribution in [-0.4, -0.2) is 24.5 Å². The number of hydrogen-bond donors (Lipinski definition) is 0. The molecule has 0 amide bonds. The molecule has 0 heterocycles. The second kappa shape index (κ2) is 5.01. The lowest BCUT2D eigenvalue weighted by Crippen LogP contribution is -2.24. The third-order valence-electron chi connectivity index (χ3n) is 1.47. The molecule has 2 nitrogen and oxygen atoms in total. The predicted molar refractivity (Wildman–Crippen MR) is 42.5 cm³/mol. The van der Waals surface area contributed by atoms with Crippen LogP contribution in [0.4, 0.5) is 0 Å². The van der Waals surface area contributed by atoms with Crippen molar-refractivity contribution < 1.29 is 0 Å². The maximum absolute atomic E-state index is 8.40. The van der Waals surface area contributed by atoms with Gasteiger partial charge in [-0.1, -0.05) is 20.4 Å². The minimum absolute atomic E-state index is 0.642. The second-order valence-electron chi connectivity index (χ2n) is 2.18. The molecular formula is C8H14N2. The summed E-state index contributed by atoms with van der Waals surface area (Å²) in [4.78, 5) is 2.16. The van der Waals surface area contributed by atoms with Crippen molar-refractivity contribution in [2.75, 3.05) is 19.6 Å². The van der Waals surface area contributed by atoms with Crippen LogP contribution in [0.1, 0.15) is 13.8 Å². The van der Waals surface area contributed by atoms with Crippen molar-refractivity contribution in [3.05, 3.63) is 12.2 Å². The zero-order valence-electron chi connectivity index (χ0n) is 6.72. The molecule has 0 spiro atoms. The molecule has 0 atom stereocenters. The fourth-order valence-electron chi connectivity index (χ4n) is 0.752. The topological polar surface area (TPSA) is 27.0 Å². The largest absolute Gasteiger partial charge is 0.299 e. The summed E-state index contributed by atoms with van der Waals surface area (Å²) in [5.41, 5.74) is 0.642. The summed E-state index contributed by atoms with van der Waals surface area (Å²) in [6, 6.07) is 2.03. The van der Waals surface area contributed by atoms with Gasteiger partial charge in [0.25, 0.3) is 0 Å². The van der Waals surface area contributed by atoms with E-state index in [1.54, 1.807) is 0 Å². The molecule has 56 valence electrons. The number of nitriles is 1. The normalized spacial score (nSPS) is 9.40. The number of rotatable bonds is 4. The summed E-state index contributed by atoms with van der Waals surface area (Å²) in [7, 11) is 0. The highest BCUT2D eigenvalue weighted by atomic mass is 15.1. The van der Waals surface area contributed by atoms with E-state index < -0.39 is 0 Å². The number of nitrogens with zero attached hydrogens (tertiary/aromatic N) is 2. The summed E-state index contributed by atoms with van der Waals surface area (Å²) in [5, 5.41) is 8.40. The first-order chi connectivity index (χ1) is 4.74. The van der Waals surface area contributed by atoms with Gasteiger partial charge in [0.2, 0.25) is 0 Å². The minimum atomic E-state index is 0.642. The Balaban J connectivity index is 3.65. The third-order valence-corrected chi connectivity index (χ3v) is 1.47. The lowest BCUT2D eigenvalue weighted by Gasteiger charge is -2.15. The van der Waals surface area contributed by atoms with Crippen LogP contribution in [0.3, 0.4) is 0 Å². The Morgan fingerprint density at radius 1 is 1.50 bits per heavy atom. The smallest absolute Gasteiger partial charge is 0.0954 e. The van der Waals surface area contributed by atoms with Crippen LogP contribution in [0.25, 0.3) is 0 Å². The lowest BCUT2D eigenvalue weighted by atomic mass is 10.3. The molecule has 0 fully saturated rings. The Labute approximate surface area is 62.8 Å². The average molecular weight is 138 g/mol. The molecule has 0 aromatic carbocycles. The summed E-state index contributed by atoms with van der Waals surface area (Å²) in [6.07, 6.45) is 0. The Morgan fingerprint density at radius 2 is 2.00 bits per heavy atom. The first kappa shape index (κ1) is 9.19. The molecule has 0 saturated carbocycles. The van der Waals surface area contributed by atoms with E-state index in [-0.39, 0.29) is 0 Å². The average Bonchev–Trinajstić information content (AvgIpc) is 1.99. The maximum atomic E-state index is 8.40. The molecule has 0 radical (unpaired) electrons. The summed E-state index contributed by atoms with van der Waals surface area (Å²) >= 11 is 0. The minimum Gasteiger partial charge on any atom is -0.299 e. The molecule has 0 aliphatic carbocycles. The van der Waals surface area contributed by atoms with Crippen molar-refractivity contribution in [1.82, 2.24) is 4.90 Å². The molecule has 0 aliphatic rings. The van der Waals surface area contributed by atoms with Crippen LogP contribution in [0.5, 0.6) is 0 Å². The van der Waals surface area contributed by atoms with Crippen LogP contribution < -0.4 is 0 Å². The van der Waals surface area contributed by atoms with Crippen molar-refractivity contribution in [3.63, 3.8) is 0 Å². The van der Waals surface area contributed by atoms with Crippen molar-refractivity contribution in [2.45, 2.75) is 13.8 Å². The van der Waals surface area contributed by atoms with E-state index in [4.69, 9.17) is 5.26 Å². The zero-order valence-corrected chi connectivity index (χ0v) is 6.72. The molecule has 0 aliphatic heterocycles. The molecule has 0 bridgehead atoms.